The molecule has 4 rings (SSSR count). The van der Waals surface area contributed by atoms with Crippen LogP contribution >= 0.6 is 11.3 Å². The van der Waals surface area contributed by atoms with Crippen LogP contribution in [0.25, 0.3) is 0 Å². The van der Waals surface area contributed by atoms with Gasteiger partial charge >= 0.3 is 0 Å². The van der Waals surface area contributed by atoms with Crippen molar-refractivity contribution in [2.24, 2.45) is 0 Å². The summed E-state index contributed by atoms with van der Waals surface area (Å²) in [4.78, 5) is 34.8. The van der Waals surface area contributed by atoms with Crippen LogP contribution in [0.3, 0.4) is 0 Å². The van der Waals surface area contributed by atoms with Crippen LogP contribution in [-0.2, 0) is 11.2 Å². The Bertz CT molecular complexity index is 1050. The second-order valence-electron chi connectivity index (χ2n) is 8.77. The first-order valence-electron chi connectivity index (χ1n) is 12.0. The van der Waals surface area contributed by atoms with Crippen molar-refractivity contribution in [1.29, 1.82) is 0 Å². The summed E-state index contributed by atoms with van der Waals surface area (Å²) < 4.78 is 17.9. The molecule has 2 aromatic rings. The monoisotopic (exact) mass is 501 g/mol. The number of morpholine rings is 1. The van der Waals surface area contributed by atoms with Gasteiger partial charge in [-0.3, -0.25) is 18.9 Å². The highest BCUT2D eigenvalue weighted by Crippen LogP contribution is 2.27. The molecule has 0 bridgehead atoms. The number of hydrogen-bond acceptors (Lipinski definition) is 7. The lowest BCUT2D eigenvalue weighted by Crippen LogP contribution is -2.37. The van der Waals surface area contributed by atoms with Gasteiger partial charge in [0.2, 0.25) is 0 Å². The maximum absolute atomic E-state index is 13.0. The third kappa shape index (κ3) is 6.87. The number of rotatable bonds is 10. The number of carbonyl (C=O) groups is 2. The lowest BCUT2D eigenvalue weighted by atomic mass is 10.0. The van der Waals surface area contributed by atoms with Crippen molar-refractivity contribution in [2.45, 2.75) is 19.3 Å². The molecule has 0 saturated carbocycles. The predicted octanol–water partition coefficient (Wildman–Crippen LogP) is 3.13. The molecular formula is C25H32FN5O3S. The Morgan fingerprint density at radius 1 is 1.20 bits per heavy atom. The van der Waals surface area contributed by atoms with Crippen molar-refractivity contribution in [3.63, 3.8) is 0 Å². The maximum atomic E-state index is 13.0. The fraction of sp³-hybridized carbons (Fsp3) is 0.480. The summed E-state index contributed by atoms with van der Waals surface area (Å²) in [7, 11) is 0. The van der Waals surface area contributed by atoms with E-state index in [0.29, 0.717) is 16.9 Å². The van der Waals surface area contributed by atoms with Gasteiger partial charge in [0.1, 0.15) is 5.69 Å². The number of carbonyl (C=O) groups excluding carboxylic acids is 2. The average Bonchev–Trinajstić information content (AvgIpc) is 3.53. The molecule has 0 unspecified atom stereocenters. The van der Waals surface area contributed by atoms with Crippen LogP contribution in [-0.4, -0.2) is 80.9 Å². The first-order chi connectivity index (χ1) is 17.0. The normalized spacial score (nSPS) is 16.5. The number of amides is 2. The van der Waals surface area contributed by atoms with Crippen molar-refractivity contribution in [3.05, 3.63) is 52.6 Å². The first-order valence-corrected chi connectivity index (χ1v) is 12.9. The zero-order valence-electron chi connectivity index (χ0n) is 19.9. The summed E-state index contributed by atoms with van der Waals surface area (Å²) in [6, 6.07) is 5.49. The number of aromatic nitrogens is 1. The van der Waals surface area contributed by atoms with Crippen LogP contribution in [0.2, 0.25) is 0 Å². The van der Waals surface area contributed by atoms with Gasteiger partial charge < -0.3 is 20.3 Å². The van der Waals surface area contributed by atoms with E-state index in [9.17, 15) is 14.0 Å². The van der Waals surface area contributed by atoms with E-state index in [1.165, 1.54) is 11.3 Å². The Labute approximate surface area is 209 Å². The number of thiazole rings is 1. The van der Waals surface area contributed by atoms with Crippen LogP contribution in [0.1, 0.15) is 39.3 Å². The number of nitrogens with one attached hydrogen (secondary N) is 2. The topological polar surface area (TPSA) is 86.8 Å². The zero-order valence-corrected chi connectivity index (χ0v) is 20.7. The Morgan fingerprint density at radius 2 is 2.03 bits per heavy atom. The van der Waals surface area contributed by atoms with Gasteiger partial charge in [-0.05, 0) is 37.0 Å². The molecule has 2 N–H and O–H groups in total. The van der Waals surface area contributed by atoms with Gasteiger partial charge in [0, 0.05) is 44.6 Å². The third-order valence-electron chi connectivity index (χ3n) is 6.14. The molecule has 2 fully saturated rings. The summed E-state index contributed by atoms with van der Waals surface area (Å²) in [5.74, 6) is -0.707. The molecule has 2 amide bonds. The van der Waals surface area contributed by atoms with E-state index in [4.69, 9.17) is 4.74 Å². The van der Waals surface area contributed by atoms with Gasteiger partial charge in [-0.1, -0.05) is 18.2 Å². The Morgan fingerprint density at radius 3 is 2.77 bits per heavy atom. The van der Waals surface area contributed by atoms with E-state index >= 15 is 0 Å². The molecule has 0 radical (unpaired) electrons. The smallest absolute Gasteiger partial charge is 0.275 e. The molecule has 2 aliphatic rings. The van der Waals surface area contributed by atoms with E-state index in [0.717, 1.165) is 75.0 Å². The summed E-state index contributed by atoms with van der Waals surface area (Å²) in [5, 5.41) is 8.11. The van der Waals surface area contributed by atoms with E-state index in [2.05, 4.69) is 32.0 Å². The Balaban J connectivity index is 1.46. The minimum atomic E-state index is -0.500. The van der Waals surface area contributed by atoms with Crippen LogP contribution in [0.15, 0.2) is 35.7 Å². The van der Waals surface area contributed by atoms with Gasteiger partial charge in [-0.25, -0.2) is 4.98 Å². The van der Waals surface area contributed by atoms with E-state index in [1.807, 2.05) is 12.1 Å². The Kier molecular flexibility index (Phi) is 8.84. The average molecular weight is 502 g/mol. The molecule has 0 aliphatic carbocycles. The predicted molar refractivity (Wildman–Crippen MR) is 136 cm³/mol. The maximum Gasteiger partial charge on any atom is 0.275 e. The molecule has 1 aromatic carbocycles. The molecule has 0 atom stereocenters. The number of alkyl halides is 1. The molecule has 8 nitrogen and oxygen atoms in total. The molecular weight excluding hydrogens is 469 g/mol. The summed E-state index contributed by atoms with van der Waals surface area (Å²) in [6.45, 7) is 9.47. The van der Waals surface area contributed by atoms with Crippen LogP contribution in [0.5, 0.6) is 0 Å². The van der Waals surface area contributed by atoms with Gasteiger partial charge in [-0.15, -0.1) is 11.3 Å². The molecule has 2 aliphatic heterocycles. The SMILES string of the molecule is C=C1CCN(c2nc(C(=O)Nc3ccc(CCN4CCOCC4)cc3C(=O)NCCCF)cs2)C1. The van der Waals surface area contributed by atoms with E-state index in [-0.39, 0.29) is 24.8 Å². The number of nitrogens with zero attached hydrogens (tertiary/aromatic N) is 3. The van der Waals surface area contributed by atoms with Crippen LogP contribution in [0.4, 0.5) is 15.2 Å². The first kappa shape index (κ1) is 25.3. The standard InChI is InChI=1S/C25H32FN5O3S/c1-18-5-10-31(16-18)25-29-22(17-35-25)24(33)28-21-4-3-19(6-9-30-11-13-34-14-12-30)15-20(21)23(32)27-8-2-7-26/h3-4,15,17H,1-2,5-14,16H2,(H,27,32)(H,28,33). The summed E-state index contributed by atoms with van der Waals surface area (Å²) in [5.41, 5.74) is 3.23. The number of ether oxygens (including phenoxy) is 1. The molecule has 3 heterocycles. The third-order valence-corrected chi connectivity index (χ3v) is 7.04. The van der Waals surface area contributed by atoms with Gasteiger partial charge in [-0.2, -0.15) is 0 Å². The molecule has 10 heteroatoms. The second-order valence-corrected chi connectivity index (χ2v) is 9.61. The fourth-order valence-corrected chi connectivity index (χ4v) is 4.94. The number of benzene rings is 1. The van der Waals surface area contributed by atoms with Crippen LogP contribution < -0.4 is 15.5 Å². The summed E-state index contributed by atoms with van der Waals surface area (Å²) >= 11 is 1.42. The van der Waals surface area contributed by atoms with Crippen molar-refractivity contribution in [3.8, 4) is 0 Å². The minimum Gasteiger partial charge on any atom is -0.379 e. The summed E-state index contributed by atoms with van der Waals surface area (Å²) in [6.07, 6.45) is 1.95. The molecule has 188 valence electrons. The van der Waals surface area contributed by atoms with E-state index in [1.54, 1.807) is 11.4 Å². The molecule has 0 spiro atoms. The molecule has 1 aromatic heterocycles. The van der Waals surface area contributed by atoms with Gasteiger partial charge in [0.25, 0.3) is 11.8 Å². The zero-order chi connectivity index (χ0) is 24.6. The Hall–Kier alpha value is -2.82. The lowest BCUT2D eigenvalue weighted by Gasteiger charge is -2.26. The highest BCUT2D eigenvalue weighted by Gasteiger charge is 2.21. The van der Waals surface area contributed by atoms with Crippen molar-refractivity contribution in [1.82, 2.24) is 15.2 Å². The highest BCUT2D eigenvalue weighted by molar-refractivity contribution is 7.14. The largest absolute Gasteiger partial charge is 0.379 e. The van der Waals surface area contributed by atoms with Gasteiger partial charge in [0.05, 0.1) is 31.1 Å². The lowest BCUT2D eigenvalue weighted by molar-refractivity contribution is 0.0384. The second kappa shape index (κ2) is 12.2. The quantitative estimate of drug-likeness (QED) is 0.384. The van der Waals surface area contributed by atoms with Gasteiger partial charge in [0.15, 0.2) is 5.13 Å². The molecule has 2 saturated heterocycles. The highest BCUT2D eigenvalue weighted by atomic mass is 32.1. The van der Waals surface area contributed by atoms with E-state index < -0.39 is 6.67 Å². The van der Waals surface area contributed by atoms with Crippen molar-refractivity contribution in [2.75, 3.05) is 69.4 Å². The number of anilines is 2. The van der Waals surface area contributed by atoms with Crippen molar-refractivity contribution < 1.29 is 18.7 Å². The number of halogens is 1. The minimum absolute atomic E-state index is 0.233. The fourth-order valence-electron chi connectivity index (χ4n) is 4.10. The van der Waals surface area contributed by atoms with Crippen molar-refractivity contribution >= 4 is 34.0 Å². The molecule has 35 heavy (non-hydrogen) atoms. The van der Waals surface area contributed by atoms with Crippen LogP contribution in [0, 0.1) is 0 Å². The number of hydrogen-bond donors (Lipinski definition) is 2.